The minimum atomic E-state index is -0.134. The van der Waals surface area contributed by atoms with Gasteiger partial charge in [0.2, 0.25) is 0 Å². The molecule has 0 saturated carbocycles. The maximum Gasteiger partial charge on any atom is 0.260 e. The second-order valence-corrected chi connectivity index (χ2v) is 5.02. The summed E-state index contributed by atoms with van der Waals surface area (Å²) in [5.41, 5.74) is 4.28. The Balaban J connectivity index is 1.95. The summed E-state index contributed by atoms with van der Waals surface area (Å²) in [6.45, 7) is 0.502. The van der Waals surface area contributed by atoms with Gasteiger partial charge in [0.15, 0.2) is 0 Å². The highest BCUT2D eigenvalue weighted by molar-refractivity contribution is 6.36. The van der Waals surface area contributed by atoms with Gasteiger partial charge in [-0.3, -0.25) is 4.79 Å². The van der Waals surface area contributed by atoms with Crippen LogP contribution in [0.3, 0.4) is 0 Å². The molecule has 2 aliphatic rings. The average Bonchev–Trinajstić information content (AvgIpc) is 3.06. The van der Waals surface area contributed by atoms with Gasteiger partial charge in [0.1, 0.15) is 18.1 Å². The van der Waals surface area contributed by atoms with Crippen LogP contribution in [0, 0.1) is 0 Å². The SMILES string of the molecule is COc1ccc2c(c1)/C(=C1\OCc3ccccc31)C(=O)N2. The second kappa shape index (κ2) is 4.38. The van der Waals surface area contributed by atoms with E-state index in [4.69, 9.17) is 9.47 Å². The van der Waals surface area contributed by atoms with E-state index in [1.807, 2.05) is 42.5 Å². The van der Waals surface area contributed by atoms with Crippen LogP contribution in [0.4, 0.5) is 5.69 Å². The molecule has 2 heterocycles. The first-order valence-corrected chi connectivity index (χ1v) is 6.73. The molecule has 4 rings (SSSR count). The molecule has 2 aliphatic heterocycles. The lowest BCUT2D eigenvalue weighted by molar-refractivity contribution is -0.110. The average molecular weight is 279 g/mol. The first-order chi connectivity index (χ1) is 10.3. The van der Waals surface area contributed by atoms with Crippen molar-refractivity contribution in [3.05, 3.63) is 59.2 Å². The number of hydrogen-bond acceptors (Lipinski definition) is 3. The first-order valence-electron chi connectivity index (χ1n) is 6.73. The fraction of sp³-hybridized carbons (Fsp3) is 0.118. The summed E-state index contributed by atoms with van der Waals surface area (Å²) in [7, 11) is 1.61. The monoisotopic (exact) mass is 279 g/mol. The van der Waals surface area contributed by atoms with E-state index in [9.17, 15) is 4.79 Å². The number of carbonyl (C=O) groups is 1. The van der Waals surface area contributed by atoms with Gasteiger partial charge in [0.05, 0.1) is 12.7 Å². The van der Waals surface area contributed by atoms with Crippen molar-refractivity contribution in [1.29, 1.82) is 0 Å². The van der Waals surface area contributed by atoms with Crippen LogP contribution in [0.2, 0.25) is 0 Å². The molecular weight excluding hydrogens is 266 g/mol. The maximum absolute atomic E-state index is 12.3. The van der Waals surface area contributed by atoms with Gasteiger partial charge < -0.3 is 14.8 Å². The van der Waals surface area contributed by atoms with Crippen LogP contribution in [0.15, 0.2) is 42.5 Å². The molecule has 0 aliphatic carbocycles. The topological polar surface area (TPSA) is 47.6 Å². The summed E-state index contributed by atoms with van der Waals surface area (Å²) in [6.07, 6.45) is 0. The predicted octanol–water partition coefficient (Wildman–Crippen LogP) is 3.05. The molecular formula is C17H13NO3. The van der Waals surface area contributed by atoms with Crippen molar-refractivity contribution in [2.75, 3.05) is 12.4 Å². The third-order valence-corrected chi connectivity index (χ3v) is 3.83. The van der Waals surface area contributed by atoms with Crippen LogP contribution < -0.4 is 10.1 Å². The molecule has 0 fully saturated rings. The Labute approximate surface area is 122 Å². The Morgan fingerprint density at radius 3 is 2.86 bits per heavy atom. The van der Waals surface area contributed by atoms with Gasteiger partial charge in [-0.15, -0.1) is 0 Å². The van der Waals surface area contributed by atoms with E-state index in [0.29, 0.717) is 17.9 Å². The fourth-order valence-electron chi connectivity index (χ4n) is 2.80. The zero-order valence-corrected chi connectivity index (χ0v) is 11.5. The Hall–Kier alpha value is -2.75. The van der Waals surface area contributed by atoms with Crippen LogP contribution in [0.1, 0.15) is 16.7 Å². The molecule has 0 spiro atoms. The molecule has 0 atom stereocenters. The predicted molar refractivity (Wildman–Crippen MR) is 79.7 cm³/mol. The lowest BCUT2D eigenvalue weighted by atomic mass is 10.0. The van der Waals surface area contributed by atoms with Gasteiger partial charge in [-0.2, -0.15) is 0 Å². The summed E-state index contributed by atoms with van der Waals surface area (Å²) >= 11 is 0. The van der Waals surface area contributed by atoms with Gasteiger partial charge >= 0.3 is 0 Å². The molecule has 0 unspecified atom stereocenters. The molecule has 21 heavy (non-hydrogen) atoms. The van der Waals surface area contributed by atoms with Crippen LogP contribution in [-0.4, -0.2) is 13.0 Å². The van der Waals surface area contributed by atoms with E-state index < -0.39 is 0 Å². The van der Waals surface area contributed by atoms with Gasteiger partial charge in [0.25, 0.3) is 5.91 Å². The highest BCUT2D eigenvalue weighted by Gasteiger charge is 2.32. The zero-order valence-electron chi connectivity index (χ0n) is 11.5. The number of nitrogens with one attached hydrogen (secondary N) is 1. The van der Waals surface area contributed by atoms with E-state index in [2.05, 4.69) is 5.32 Å². The summed E-state index contributed by atoms with van der Waals surface area (Å²) < 4.78 is 11.0. The number of methoxy groups -OCH3 is 1. The van der Waals surface area contributed by atoms with E-state index in [1.165, 1.54) is 0 Å². The Morgan fingerprint density at radius 2 is 2.00 bits per heavy atom. The molecule has 0 radical (unpaired) electrons. The second-order valence-electron chi connectivity index (χ2n) is 5.02. The van der Waals surface area contributed by atoms with Crippen LogP contribution >= 0.6 is 0 Å². The molecule has 0 saturated heterocycles. The molecule has 1 amide bonds. The van der Waals surface area contributed by atoms with Crippen LogP contribution in [0.25, 0.3) is 11.3 Å². The van der Waals surface area contributed by atoms with E-state index >= 15 is 0 Å². The summed E-state index contributed by atoms with van der Waals surface area (Å²) in [4.78, 5) is 12.3. The minimum Gasteiger partial charge on any atom is -0.497 e. The summed E-state index contributed by atoms with van der Waals surface area (Å²) in [5, 5.41) is 2.87. The van der Waals surface area contributed by atoms with E-state index in [1.54, 1.807) is 7.11 Å². The van der Waals surface area contributed by atoms with Gasteiger partial charge in [0, 0.05) is 22.4 Å². The van der Waals surface area contributed by atoms with Crippen molar-refractivity contribution in [1.82, 2.24) is 0 Å². The molecule has 0 aromatic heterocycles. The molecule has 0 bridgehead atoms. The third kappa shape index (κ3) is 1.72. The fourth-order valence-corrected chi connectivity index (χ4v) is 2.80. The number of hydrogen-bond donors (Lipinski definition) is 1. The first kappa shape index (κ1) is 12.0. The van der Waals surface area contributed by atoms with Crippen LogP contribution in [0.5, 0.6) is 5.75 Å². The number of anilines is 1. The zero-order chi connectivity index (χ0) is 14.4. The number of ether oxygens (including phenoxy) is 2. The third-order valence-electron chi connectivity index (χ3n) is 3.83. The number of carbonyl (C=O) groups excluding carboxylic acids is 1. The molecule has 104 valence electrons. The molecule has 2 aromatic rings. The van der Waals surface area contributed by atoms with Gasteiger partial charge in [-0.05, 0) is 18.2 Å². The summed E-state index contributed by atoms with van der Waals surface area (Å²) in [5.74, 6) is 1.23. The lowest BCUT2D eigenvalue weighted by Gasteiger charge is -2.06. The molecule has 1 N–H and O–H groups in total. The van der Waals surface area contributed by atoms with Crippen molar-refractivity contribution in [2.24, 2.45) is 0 Å². The largest absolute Gasteiger partial charge is 0.497 e. The van der Waals surface area contributed by atoms with Crippen molar-refractivity contribution < 1.29 is 14.3 Å². The van der Waals surface area contributed by atoms with Crippen molar-refractivity contribution in [3.8, 4) is 5.75 Å². The number of amides is 1. The Kier molecular flexibility index (Phi) is 2.51. The van der Waals surface area contributed by atoms with Crippen LogP contribution in [-0.2, 0) is 16.1 Å². The normalized spacial score (nSPS) is 18.8. The number of fused-ring (bicyclic) bond motifs is 2. The summed E-state index contributed by atoms with van der Waals surface area (Å²) in [6, 6.07) is 13.5. The smallest absolute Gasteiger partial charge is 0.260 e. The minimum absolute atomic E-state index is 0.134. The Bertz CT molecular complexity index is 792. The maximum atomic E-state index is 12.3. The lowest BCUT2D eigenvalue weighted by Crippen LogP contribution is -2.05. The quantitative estimate of drug-likeness (QED) is 0.816. The standard InChI is InChI=1S/C17H13NO3/c1-20-11-6-7-14-13(8-11)15(17(19)18-14)16-12-5-3-2-4-10(12)9-21-16/h2-8H,9H2,1H3,(H,18,19)/b16-15+. The Morgan fingerprint density at radius 1 is 1.14 bits per heavy atom. The highest BCUT2D eigenvalue weighted by Crippen LogP contribution is 2.42. The molecule has 4 heteroatoms. The van der Waals surface area contributed by atoms with Crippen molar-refractivity contribution in [3.63, 3.8) is 0 Å². The van der Waals surface area contributed by atoms with E-state index in [0.717, 1.165) is 28.1 Å². The van der Waals surface area contributed by atoms with E-state index in [-0.39, 0.29) is 5.91 Å². The highest BCUT2D eigenvalue weighted by atomic mass is 16.5. The molecule has 4 nitrogen and oxygen atoms in total. The van der Waals surface area contributed by atoms with Crippen molar-refractivity contribution in [2.45, 2.75) is 6.61 Å². The number of rotatable bonds is 1. The number of benzene rings is 2. The van der Waals surface area contributed by atoms with Crippen molar-refractivity contribution >= 4 is 22.9 Å². The van der Waals surface area contributed by atoms with Gasteiger partial charge in [-0.25, -0.2) is 0 Å². The molecule has 2 aromatic carbocycles. The van der Waals surface area contributed by atoms with Gasteiger partial charge in [-0.1, -0.05) is 24.3 Å².